The molecule has 0 spiro atoms. The highest BCUT2D eigenvalue weighted by Gasteiger charge is 2.25. The number of aryl methyl sites for hydroxylation is 1. The Kier molecular flexibility index (Phi) is 5.54. The lowest BCUT2D eigenvalue weighted by Gasteiger charge is -2.31. The summed E-state index contributed by atoms with van der Waals surface area (Å²) in [5, 5.41) is 6.88. The predicted octanol–water partition coefficient (Wildman–Crippen LogP) is 2.14. The first-order valence-electron chi connectivity index (χ1n) is 7.78. The van der Waals surface area contributed by atoms with E-state index in [1.807, 2.05) is 6.92 Å². The molecule has 0 saturated heterocycles. The molecule has 2 aromatic heterocycles. The number of aromatic nitrogens is 2. The topological polar surface area (TPSA) is 107 Å². The molecular weight excluding hydrogens is 296 g/mol. The van der Waals surface area contributed by atoms with Crippen LogP contribution in [-0.2, 0) is 11.2 Å². The molecular formula is C16H24N4O3. The molecule has 23 heavy (non-hydrogen) atoms. The van der Waals surface area contributed by atoms with Gasteiger partial charge in [-0.05, 0) is 25.3 Å². The minimum Gasteiger partial charge on any atom is -0.472 e. The van der Waals surface area contributed by atoms with Gasteiger partial charge in [0.15, 0.2) is 0 Å². The van der Waals surface area contributed by atoms with Crippen molar-refractivity contribution in [1.29, 1.82) is 0 Å². The summed E-state index contributed by atoms with van der Waals surface area (Å²) in [6, 6.07) is 1.75. The van der Waals surface area contributed by atoms with Crippen LogP contribution in [-0.4, -0.2) is 28.1 Å². The molecule has 1 amide bonds. The Morgan fingerprint density at radius 2 is 2.26 bits per heavy atom. The van der Waals surface area contributed by atoms with Gasteiger partial charge >= 0.3 is 0 Å². The van der Waals surface area contributed by atoms with Gasteiger partial charge in [0.2, 0.25) is 17.6 Å². The van der Waals surface area contributed by atoms with Gasteiger partial charge in [-0.3, -0.25) is 4.79 Å². The molecule has 1 atom stereocenters. The molecule has 0 radical (unpaired) electrons. The molecule has 2 rings (SSSR count). The molecule has 0 aliphatic carbocycles. The van der Waals surface area contributed by atoms with Crippen molar-refractivity contribution in [3.63, 3.8) is 0 Å². The van der Waals surface area contributed by atoms with E-state index >= 15 is 0 Å². The van der Waals surface area contributed by atoms with Crippen molar-refractivity contribution < 1.29 is 13.7 Å². The largest absolute Gasteiger partial charge is 0.472 e. The number of rotatable bonds is 8. The van der Waals surface area contributed by atoms with Crippen LogP contribution in [0.2, 0.25) is 0 Å². The Balaban J connectivity index is 1.87. The molecule has 2 heterocycles. The molecule has 0 aliphatic heterocycles. The van der Waals surface area contributed by atoms with Crippen molar-refractivity contribution in [1.82, 2.24) is 15.5 Å². The Labute approximate surface area is 135 Å². The summed E-state index contributed by atoms with van der Waals surface area (Å²) in [4.78, 5) is 16.4. The van der Waals surface area contributed by atoms with Crippen LogP contribution < -0.4 is 11.1 Å². The molecule has 2 aromatic rings. The standard InChI is InChI=1S/C16H24N4O3/c1-11(2)8-16(3,10-17)19-13(21)4-5-14-18-15(20-23-14)12-6-7-22-9-12/h6-7,9,11H,4-5,8,10,17H2,1-3H3,(H,19,21). The molecule has 0 aliphatic rings. The van der Waals surface area contributed by atoms with Crippen LogP contribution in [0.15, 0.2) is 27.5 Å². The number of carbonyl (C=O) groups excluding carboxylic acids is 1. The fourth-order valence-corrected chi connectivity index (χ4v) is 2.57. The average molecular weight is 320 g/mol. The van der Waals surface area contributed by atoms with Crippen LogP contribution in [0, 0.1) is 5.92 Å². The summed E-state index contributed by atoms with van der Waals surface area (Å²) in [5.41, 5.74) is 6.16. The number of nitrogens with one attached hydrogen (secondary N) is 1. The molecule has 7 nitrogen and oxygen atoms in total. The minimum absolute atomic E-state index is 0.0679. The smallest absolute Gasteiger partial charge is 0.227 e. The van der Waals surface area contributed by atoms with Crippen LogP contribution in [0.5, 0.6) is 0 Å². The second-order valence-electron chi connectivity index (χ2n) is 6.43. The highest BCUT2D eigenvalue weighted by Crippen LogP contribution is 2.17. The van der Waals surface area contributed by atoms with E-state index in [1.165, 1.54) is 0 Å². The zero-order valence-corrected chi connectivity index (χ0v) is 13.8. The van der Waals surface area contributed by atoms with E-state index in [-0.39, 0.29) is 17.9 Å². The van der Waals surface area contributed by atoms with Crippen LogP contribution in [0.1, 0.15) is 39.5 Å². The predicted molar refractivity (Wildman–Crippen MR) is 85.4 cm³/mol. The molecule has 0 fully saturated rings. The molecule has 0 bridgehead atoms. The van der Waals surface area contributed by atoms with Gasteiger partial charge in [0, 0.05) is 24.9 Å². The van der Waals surface area contributed by atoms with E-state index in [0.717, 1.165) is 12.0 Å². The van der Waals surface area contributed by atoms with Crippen molar-refractivity contribution in [2.24, 2.45) is 11.7 Å². The van der Waals surface area contributed by atoms with Gasteiger partial charge in [-0.25, -0.2) is 0 Å². The van der Waals surface area contributed by atoms with Gasteiger partial charge in [0.1, 0.15) is 6.26 Å². The van der Waals surface area contributed by atoms with Crippen molar-refractivity contribution in [3.05, 3.63) is 24.5 Å². The number of hydrogen-bond donors (Lipinski definition) is 2. The van der Waals surface area contributed by atoms with Crippen LogP contribution in [0.25, 0.3) is 11.4 Å². The fraction of sp³-hybridized carbons (Fsp3) is 0.562. The highest BCUT2D eigenvalue weighted by atomic mass is 16.5. The van der Waals surface area contributed by atoms with Crippen molar-refractivity contribution in [2.45, 2.75) is 45.6 Å². The first-order chi connectivity index (χ1) is 10.9. The van der Waals surface area contributed by atoms with Gasteiger partial charge in [-0.15, -0.1) is 0 Å². The quantitative estimate of drug-likeness (QED) is 0.771. The minimum atomic E-state index is -0.387. The summed E-state index contributed by atoms with van der Waals surface area (Å²) in [6.45, 7) is 6.59. The third kappa shape index (κ3) is 4.92. The van der Waals surface area contributed by atoms with Crippen molar-refractivity contribution in [2.75, 3.05) is 6.54 Å². The third-order valence-corrected chi connectivity index (χ3v) is 3.56. The summed E-state index contributed by atoms with van der Waals surface area (Å²) < 4.78 is 10.1. The number of nitrogens with two attached hydrogens (primary N) is 1. The maximum absolute atomic E-state index is 12.1. The molecule has 0 saturated carbocycles. The molecule has 1 unspecified atom stereocenters. The number of amides is 1. The van der Waals surface area contributed by atoms with Crippen LogP contribution in [0.3, 0.4) is 0 Å². The average Bonchev–Trinajstić information content (AvgIpc) is 3.15. The van der Waals surface area contributed by atoms with Crippen LogP contribution in [0.4, 0.5) is 0 Å². The van der Waals surface area contributed by atoms with E-state index in [2.05, 4.69) is 29.3 Å². The Bertz CT molecular complexity index is 621. The monoisotopic (exact) mass is 320 g/mol. The van der Waals surface area contributed by atoms with Gasteiger partial charge < -0.3 is 20.0 Å². The maximum Gasteiger partial charge on any atom is 0.227 e. The summed E-state index contributed by atoms with van der Waals surface area (Å²) in [6.07, 6.45) is 4.58. The van der Waals surface area contributed by atoms with Crippen LogP contribution >= 0.6 is 0 Å². The van der Waals surface area contributed by atoms with Crippen molar-refractivity contribution in [3.8, 4) is 11.4 Å². The summed E-state index contributed by atoms with van der Waals surface area (Å²) in [5.74, 6) is 1.27. The molecule has 7 heteroatoms. The second kappa shape index (κ2) is 7.41. The number of hydrogen-bond acceptors (Lipinski definition) is 6. The normalized spacial score (nSPS) is 14.0. The summed E-state index contributed by atoms with van der Waals surface area (Å²) >= 11 is 0. The Morgan fingerprint density at radius 3 is 2.87 bits per heavy atom. The molecule has 126 valence electrons. The second-order valence-corrected chi connectivity index (χ2v) is 6.43. The zero-order valence-electron chi connectivity index (χ0n) is 13.8. The van der Waals surface area contributed by atoms with Crippen molar-refractivity contribution >= 4 is 5.91 Å². The Morgan fingerprint density at radius 1 is 1.48 bits per heavy atom. The Hall–Kier alpha value is -2.15. The van der Waals surface area contributed by atoms with Gasteiger partial charge in [0.25, 0.3) is 0 Å². The lowest BCUT2D eigenvalue weighted by molar-refractivity contribution is -0.123. The summed E-state index contributed by atoms with van der Waals surface area (Å²) in [7, 11) is 0. The third-order valence-electron chi connectivity index (χ3n) is 3.56. The van der Waals surface area contributed by atoms with E-state index in [0.29, 0.717) is 30.6 Å². The number of carbonyl (C=O) groups is 1. The SMILES string of the molecule is CC(C)CC(C)(CN)NC(=O)CCc1nc(-c2ccoc2)no1. The van der Waals surface area contributed by atoms with E-state index in [9.17, 15) is 4.79 Å². The first kappa shape index (κ1) is 17.2. The first-order valence-corrected chi connectivity index (χ1v) is 7.78. The lowest BCUT2D eigenvalue weighted by atomic mass is 9.90. The number of nitrogens with zero attached hydrogens (tertiary/aromatic N) is 2. The van der Waals surface area contributed by atoms with Gasteiger partial charge in [-0.2, -0.15) is 4.98 Å². The van der Waals surface area contributed by atoms with E-state index in [4.69, 9.17) is 14.7 Å². The highest BCUT2D eigenvalue weighted by molar-refractivity contribution is 5.77. The number of furan rings is 1. The molecule has 0 aromatic carbocycles. The van der Waals surface area contributed by atoms with E-state index < -0.39 is 0 Å². The van der Waals surface area contributed by atoms with Gasteiger partial charge in [-0.1, -0.05) is 19.0 Å². The lowest BCUT2D eigenvalue weighted by Crippen LogP contribution is -2.52. The molecule has 3 N–H and O–H groups in total. The maximum atomic E-state index is 12.1. The fourth-order valence-electron chi connectivity index (χ4n) is 2.57. The van der Waals surface area contributed by atoms with Gasteiger partial charge in [0.05, 0.1) is 11.8 Å². The zero-order chi connectivity index (χ0) is 16.9. The van der Waals surface area contributed by atoms with E-state index in [1.54, 1.807) is 18.6 Å².